The Labute approximate surface area is 281 Å². The molecule has 0 aliphatic heterocycles. The van der Waals surface area contributed by atoms with Crippen molar-refractivity contribution in [3.63, 3.8) is 0 Å². The number of fused-ring (bicyclic) bond motifs is 1. The van der Waals surface area contributed by atoms with Crippen LogP contribution in [0.4, 0.5) is 20.3 Å². The van der Waals surface area contributed by atoms with Crippen LogP contribution < -0.4 is 14.8 Å². The molecule has 12 nitrogen and oxygen atoms in total. The van der Waals surface area contributed by atoms with Crippen LogP contribution in [0.25, 0.3) is 22.4 Å². The highest BCUT2D eigenvalue weighted by molar-refractivity contribution is 5.92. The molecule has 0 radical (unpaired) electrons. The summed E-state index contributed by atoms with van der Waals surface area (Å²) in [5, 5.41) is 8.53. The van der Waals surface area contributed by atoms with Gasteiger partial charge in [-0.2, -0.15) is 5.10 Å². The van der Waals surface area contributed by atoms with Crippen molar-refractivity contribution < 1.29 is 37.3 Å². The van der Waals surface area contributed by atoms with E-state index in [0.29, 0.717) is 28.2 Å². The summed E-state index contributed by atoms with van der Waals surface area (Å²) in [5.41, 5.74) is 0.858. The number of ether oxygens (including phenoxy) is 4. The molecule has 2 aromatic carbocycles. The lowest BCUT2D eigenvalue weighted by molar-refractivity contribution is -0.161. The third kappa shape index (κ3) is 8.83. The molecule has 0 saturated heterocycles. The number of aromatic nitrogens is 5. The number of anilines is 2. The number of nitrogens with zero attached hydrogens (tertiary/aromatic N) is 5. The molecule has 5 aromatic rings. The standard InChI is InChI=1S/C35H36F2N6O6/c1-21(16-30(44)49-35(2,3)4)34(45)48-15-14-47-23-17-26(36)25(27(37)18-23)20-43-28-9-7-6-8-24(28)31(42-43)33-39-19-29(46-5)32(41-33)40-22-10-12-38-13-11-22/h6-13,17-19,21H,14-16,20H2,1-5H3,(H,38,39,40,41)/t21-/m1/s1. The first kappa shape index (κ1) is 34.7. The van der Waals surface area contributed by atoms with E-state index in [-0.39, 0.29) is 43.3 Å². The second-order valence-corrected chi connectivity index (χ2v) is 12.1. The lowest BCUT2D eigenvalue weighted by Gasteiger charge is -2.20. The molecule has 256 valence electrons. The number of carbonyl (C=O) groups excluding carboxylic acids is 2. The Balaban J connectivity index is 1.27. The minimum atomic E-state index is -0.844. The Morgan fingerprint density at radius 3 is 2.43 bits per heavy atom. The first-order valence-corrected chi connectivity index (χ1v) is 15.4. The zero-order valence-corrected chi connectivity index (χ0v) is 27.7. The summed E-state index contributed by atoms with van der Waals surface area (Å²) in [7, 11) is 1.51. The lowest BCUT2D eigenvalue weighted by Crippen LogP contribution is -2.27. The maximum absolute atomic E-state index is 15.3. The van der Waals surface area contributed by atoms with Gasteiger partial charge in [-0.05, 0) is 39.0 Å². The van der Waals surface area contributed by atoms with E-state index in [0.717, 1.165) is 17.8 Å². The number of halogens is 2. The van der Waals surface area contributed by atoms with Gasteiger partial charge >= 0.3 is 11.9 Å². The van der Waals surface area contributed by atoms with Crippen molar-refractivity contribution >= 4 is 34.3 Å². The molecule has 49 heavy (non-hydrogen) atoms. The van der Waals surface area contributed by atoms with E-state index in [4.69, 9.17) is 18.9 Å². The Hall–Kier alpha value is -5.66. The van der Waals surface area contributed by atoms with Crippen molar-refractivity contribution in [1.29, 1.82) is 0 Å². The van der Waals surface area contributed by atoms with E-state index in [1.54, 1.807) is 64.4 Å². The predicted octanol–water partition coefficient (Wildman–Crippen LogP) is 6.26. The fraction of sp³-hybridized carbons (Fsp3) is 0.314. The minimum Gasteiger partial charge on any atom is -0.491 e. The molecule has 5 rings (SSSR count). The molecular weight excluding hydrogens is 638 g/mol. The largest absolute Gasteiger partial charge is 0.491 e. The number of para-hydroxylation sites is 1. The van der Waals surface area contributed by atoms with E-state index in [9.17, 15) is 9.59 Å². The molecule has 0 amide bonds. The van der Waals surface area contributed by atoms with Gasteiger partial charge in [0, 0.05) is 41.2 Å². The molecule has 3 heterocycles. The third-order valence-corrected chi connectivity index (χ3v) is 7.10. The zero-order valence-electron chi connectivity index (χ0n) is 27.7. The molecule has 0 fully saturated rings. The average molecular weight is 675 g/mol. The molecule has 14 heteroatoms. The molecule has 0 saturated carbocycles. The van der Waals surface area contributed by atoms with Gasteiger partial charge in [-0.25, -0.2) is 18.7 Å². The number of pyridine rings is 1. The van der Waals surface area contributed by atoms with Gasteiger partial charge in [-0.15, -0.1) is 0 Å². The summed E-state index contributed by atoms with van der Waals surface area (Å²) in [6.07, 6.45) is 4.65. The fourth-order valence-electron chi connectivity index (χ4n) is 4.83. The maximum Gasteiger partial charge on any atom is 0.309 e. The highest BCUT2D eigenvalue weighted by Crippen LogP contribution is 2.32. The molecule has 0 spiro atoms. The highest BCUT2D eigenvalue weighted by Gasteiger charge is 2.24. The summed E-state index contributed by atoms with van der Waals surface area (Å²) in [6.45, 7) is 6.17. The second-order valence-electron chi connectivity index (χ2n) is 12.1. The Kier molecular flexibility index (Phi) is 10.6. The Bertz CT molecular complexity index is 1920. The normalized spacial score (nSPS) is 12.0. The van der Waals surface area contributed by atoms with Crippen LogP contribution in [-0.2, 0) is 25.6 Å². The number of carbonyl (C=O) groups is 2. The first-order chi connectivity index (χ1) is 23.4. The molecule has 0 unspecified atom stereocenters. The van der Waals surface area contributed by atoms with Gasteiger partial charge in [0.1, 0.15) is 41.9 Å². The molecule has 0 aliphatic carbocycles. The van der Waals surface area contributed by atoms with Gasteiger partial charge in [0.05, 0.1) is 37.7 Å². The van der Waals surface area contributed by atoms with E-state index in [1.165, 1.54) is 18.0 Å². The van der Waals surface area contributed by atoms with Crippen molar-refractivity contribution in [1.82, 2.24) is 24.7 Å². The van der Waals surface area contributed by atoms with Crippen molar-refractivity contribution in [2.45, 2.75) is 46.3 Å². The number of methoxy groups -OCH3 is 1. The van der Waals surface area contributed by atoms with Crippen LogP contribution in [0.1, 0.15) is 39.7 Å². The SMILES string of the molecule is COc1cnc(-c2nn(Cc3c(F)cc(OCCOC(=O)[C@H](C)CC(=O)OC(C)(C)C)cc3F)c3ccccc23)nc1Nc1ccncc1. The summed E-state index contributed by atoms with van der Waals surface area (Å²) < 4.78 is 53.4. The lowest BCUT2D eigenvalue weighted by atomic mass is 10.1. The molecule has 0 aliphatic rings. The van der Waals surface area contributed by atoms with Gasteiger partial charge in [0.2, 0.25) is 0 Å². The fourth-order valence-corrected chi connectivity index (χ4v) is 4.83. The van der Waals surface area contributed by atoms with Crippen molar-refractivity contribution in [3.05, 3.63) is 84.3 Å². The van der Waals surface area contributed by atoms with E-state index in [1.807, 2.05) is 12.1 Å². The predicted molar refractivity (Wildman–Crippen MR) is 176 cm³/mol. The average Bonchev–Trinajstić information content (AvgIpc) is 3.42. The van der Waals surface area contributed by atoms with Gasteiger partial charge < -0.3 is 24.3 Å². The Morgan fingerprint density at radius 1 is 1.02 bits per heavy atom. The van der Waals surface area contributed by atoms with Crippen LogP contribution in [0.2, 0.25) is 0 Å². The molecule has 1 N–H and O–H groups in total. The third-order valence-electron chi connectivity index (χ3n) is 7.10. The minimum absolute atomic E-state index is 0.0801. The van der Waals surface area contributed by atoms with Crippen LogP contribution in [0.15, 0.2) is 67.1 Å². The highest BCUT2D eigenvalue weighted by atomic mass is 19.1. The maximum atomic E-state index is 15.3. The van der Waals surface area contributed by atoms with Gasteiger partial charge in [0.15, 0.2) is 17.4 Å². The number of benzene rings is 2. The molecular formula is C35H36F2N6O6. The van der Waals surface area contributed by atoms with Crippen molar-refractivity contribution in [3.8, 4) is 23.0 Å². The second kappa shape index (κ2) is 15.0. The van der Waals surface area contributed by atoms with E-state index in [2.05, 4.69) is 25.4 Å². The number of esters is 2. The summed E-state index contributed by atoms with van der Waals surface area (Å²) in [5.74, 6) is -2.56. The molecule has 0 bridgehead atoms. The van der Waals surface area contributed by atoms with Gasteiger partial charge in [-0.1, -0.05) is 25.1 Å². The number of hydrogen-bond donors (Lipinski definition) is 1. The monoisotopic (exact) mass is 674 g/mol. The van der Waals surface area contributed by atoms with Crippen molar-refractivity contribution in [2.24, 2.45) is 5.92 Å². The van der Waals surface area contributed by atoms with E-state index < -0.39 is 35.1 Å². The molecule has 1 atom stereocenters. The van der Waals surface area contributed by atoms with Gasteiger partial charge in [0.25, 0.3) is 0 Å². The quantitative estimate of drug-likeness (QED) is 0.112. The van der Waals surface area contributed by atoms with Crippen LogP contribution >= 0.6 is 0 Å². The smallest absolute Gasteiger partial charge is 0.309 e. The summed E-state index contributed by atoms with van der Waals surface area (Å²) in [4.78, 5) is 37.3. The van der Waals surface area contributed by atoms with Crippen LogP contribution in [0.5, 0.6) is 11.5 Å². The number of nitrogens with one attached hydrogen (secondary N) is 1. The van der Waals surface area contributed by atoms with Crippen LogP contribution in [0, 0.1) is 17.6 Å². The topological polar surface area (TPSA) is 140 Å². The zero-order chi connectivity index (χ0) is 35.1. The van der Waals surface area contributed by atoms with E-state index >= 15 is 8.78 Å². The van der Waals surface area contributed by atoms with Crippen LogP contribution in [0.3, 0.4) is 0 Å². The Morgan fingerprint density at radius 2 is 1.73 bits per heavy atom. The van der Waals surface area contributed by atoms with Crippen molar-refractivity contribution in [2.75, 3.05) is 25.6 Å². The summed E-state index contributed by atoms with van der Waals surface area (Å²) >= 11 is 0. The van der Waals surface area contributed by atoms with Gasteiger partial charge in [-0.3, -0.25) is 19.3 Å². The molecule has 3 aromatic heterocycles. The number of hydrogen-bond acceptors (Lipinski definition) is 11. The summed E-state index contributed by atoms with van der Waals surface area (Å²) in [6, 6.07) is 12.9. The van der Waals surface area contributed by atoms with Crippen LogP contribution in [-0.4, -0.2) is 62.6 Å². The number of rotatable bonds is 13. The first-order valence-electron chi connectivity index (χ1n) is 15.4.